The number of allylic oxidation sites excluding steroid dienone is 2. The number of nitrogens with zero attached hydrogens (tertiary/aromatic N) is 1. The van der Waals surface area contributed by atoms with Gasteiger partial charge in [-0.15, -0.1) is 0 Å². The van der Waals surface area contributed by atoms with E-state index in [0.717, 1.165) is 0 Å². The van der Waals surface area contributed by atoms with E-state index in [4.69, 9.17) is 4.55 Å². The quantitative estimate of drug-likeness (QED) is 0.430. The van der Waals surface area contributed by atoms with E-state index in [2.05, 4.69) is 0 Å². The Morgan fingerprint density at radius 3 is 1.76 bits per heavy atom. The number of benzene rings is 1. The van der Waals surface area contributed by atoms with Crippen molar-refractivity contribution in [3.8, 4) is 0 Å². The summed E-state index contributed by atoms with van der Waals surface area (Å²) in [7, 11) is 0. The van der Waals surface area contributed by atoms with Crippen LogP contribution in [0.3, 0.4) is 0 Å². The van der Waals surface area contributed by atoms with Crippen molar-refractivity contribution in [3.05, 3.63) is 47.3 Å². The van der Waals surface area contributed by atoms with E-state index in [1.165, 1.54) is 11.0 Å². The molecule has 0 atom stereocenters. The number of halogens is 4. The molecule has 9 heteroatoms. The predicted molar refractivity (Wildman–Crippen MR) is 88.9 cm³/mol. The van der Waals surface area contributed by atoms with Crippen LogP contribution < -0.4 is 0 Å². The van der Waals surface area contributed by atoms with Crippen LogP contribution in [0.2, 0.25) is 0 Å². The molecule has 1 aromatic rings. The molecule has 0 radical (unpaired) electrons. The summed E-state index contributed by atoms with van der Waals surface area (Å²) in [6.45, 7) is 5.71. The van der Waals surface area contributed by atoms with Crippen LogP contribution in [0.15, 0.2) is 36.2 Å². The Labute approximate surface area is 147 Å². The van der Waals surface area contributed by atoms with Crippen LogP contribution in [0, 0.1) is 0 Å². The molecule has 0 saturated carbocycles. The second kappa shape index (κ2) is 10.9. The maximum Gasteiger partial charge on any atom is 0.467 e. The summed E-state index contributed by atoms with van der Waals surface area (Å²) in [6, 6.07) is 6.91. The van der Waals surface area contributed by atoms with Gasteiger partial charge < -0.3 is 4.55 Å². The fourth-order valence-electron chi connectivity index (χ4n) is 1.73. The van der Waals surface area contributed by atoms with Gasteiger partial charge in [0.15, 0.2) is 0 Å². The summed E-state index contributed by atoms with van der Waals surface area (Å²) >= 11 is -1.12. The number of rotatable bonds is 2. The van der Waals surface area contributed by atoms with Crippen molar-refractivity contribution in [3.63, 3.8) is 0 Å². The number of amides is 2. The summed E-state index contributed by atoms with van der Waals surface area (Å²) < 4.78 is 50.4. The Bertz CT molecular complexity index is 583. The van der Waals surface area contributed by atoms with Crippen LogP contribution in [0.25, 0.3) is 0 Å². The van der Waals surface area contributed by atoms with Gasteiger partial charge in [0.25, 0.3) is 11.8 Å². The molecule has 0 unspecified atom stereocenters. The normalized spacial score (nSPS) is 13.6. The van der Waals surface area contributed by atoms with Crippen molar-refractivity contribution in [2.24, 2.45) is 0 Å². The molecule has 0 aromatic heterocycles. The summed E-state index contributed by atoms with van der Waals surface area (Å²) in [6.07, 6.45) is 2.00. The first-order chi connectivity index (χ1) is 11.6. The van der Waals surface area contributed by atoms with E-state index < -0.39 is 17.6 Å². The highest BCUT2D eigenvalue weighted by Gasteiger charge is 2.33. The third kappa shape index (κ3) is 7.70. The van der Waals surface area contributed by atoms with Gasteiger partial charge in [0, 0.05) is 6.54 Å². The van der Waals surface area contributed by atoms with Crippen molar-refractivity contribution in [1.29, 1.82) is 0 Å². The van der Waals surface area contributed by atoms with Crippen molar-refractivity contribution >= 4 is 23.9 Å². The molecule has 1 aromatic carbocycles. The molecule has 1 heterocycles. The van der Waals surface area contributed by atoms with Crippen LogP contribution in [-0.2, 0) is 0 Å². The zero-order valence-electron chi connectivity index (χ0n) is 13.9. The fourth-order valence-corrected chi connectivity index (χ4v) is 1.73. The smallest absolute Gasteiger partial charge is 0.323 e. The number of carbonyl (C=O) groups excluding carboxylic acids is 2. The lowest BCUT2D eigenvalue weighted by Crippen LogP contribution is -2.29. The van der Waals surface area contributed by atoms with Crippen molar-refractivity contribution in [2.75, 3.05) is 6.54 Å². The molecular weight excluding hydrogens is 362 g/mol. The second-order valence-corrected chi connectivity index (χ2v) is 5.17. The SMILES string of the molecule is C/C=C(/F)CC.CCN1C(=O)c2ccccc2C1=O.OSC(F)(F)F. The zero-order valence-corrected chi connectivity index (χ0v) is 14.7. The lowest BCUT2D eigenvalue weighted by molar-refractivity contribution is -0.0376. The van der Waals surface area contributed by atoms with Gasteiger partial charge in [-0.3, -0.25) is 14.5 Å². The van der Waals surface area contributed by atoms with Crippen LogP contribution in [-0.4, -0.2) is 33.3 Å². The predicted octanol–water partition coefficient (Wildman–Crippen LogP) is 5.28. The van der Waals surface area contributed by atoms with Crippen molar-refractivity contribution in [2.45, 2.75) is 32.7 Å². The van der Waals surface area contributed by atoms with Crippen molar-refractivity contribution in [1.82, 2.24) is 4.90 Å². The molecule has 0 fully saturated rings. The van der Waals surface area contributed by atoms with E-state index in [1.54, 1.807) is 45.0 Å². The molecule has 0 aliphatic carbocycles. The van der Waals surface area contributed by atoms with Crippen molar-refractivity contribution < 1.29 is 31.7 Å². The largest absolute Gasteiger partial charge is 0.467 e. The maximum absolute atomic E-state index is 11.7. The van der Waals surface area contributed by atoms with Gasteiger partial charge in [-0.05, 0) is 32.4 Å². The molecule has 1 N–H and O–H groups in total. The fraction of sp³-hybridized carbons (Fsp3) is 0.375. The molecule has 2 rings (SSSR count). The van der Waals surface area contributed by atoms with Gasteiger partial charge in [0.2, 0.25) is 0 Å². The minimum absolute atomic E-state index is 0.0324. The summed E-state index contributed by atoms with van der Waals surface area (Å²) in [5.74, 6) is -0.388. The first kappa shape index (κ1) is 23.1. The molecule has 1 aliphatic heterocycles. The Balaban J connectivity index is 0.000000406. The van der Waals surface area contributed by atoms with E-state index in [9.17, 15) is 27.2 Å². The van der Waals surface area contributed by atoms with Gasteiger partial charge >= 0.3 is 5.51 Å². The number of carbonyl (C=O) groups is 2. The number of hydrogen-bond donors (Lipinski definition) is 1. The van der Waals surface area contributed by atoms with E-state index >= 15 is 0 Å². The summed E-state index contributed by atoms with van der Waals surface area (Å²) in [4.78, 5) is 24.3. The van der Waals surface area contributed by atoms with Gasteiger partial charge in [-0.1, -0.05) is 25.1 Å². The first-order valence-corrected chi connectivity index (χ1v) is 8.05. The highest BCUT2D eigenvalue weighted by Crippen LogP contribution is 2.26. The number of imide groups is 1. The number of fused-ring (bicyclic) bond motifs is 1. The highest BCUT2D eigenvalue weighted by atomic mass is 32.2. The average molecular weight is 381 g/mol. The summed E-state index contributed by atoms with van der Waals surface area (Å²) in [5, 5.41) is 0. The molecule has 4 nitrogen and oxygen atoms in total. The molecule has 0 bridgehead atoms. The van der Waals surface area contributed by atoms with Crippen LogP contribution >= 0.6 is 12.0 Å². The molecule has 140 valence electrons. The Hall–Kier alpha value is -1.87. The molecule has 0 saturated heterocycles. The van der Waals surface area contributed by atoms with Gasteiger partial charge in [-0.25, -0.2) is 4.39 Å². The average Bonchev–Trinajstić information content (AvgIpc) is 2.85. The minimum atomic E-state index is -4.49. The summed E-state index contributed by atoms with van der Waals surface area (Å²) in [5.41, 5.74) is -3.44. The Kier molecular flexibility index (Phi) is 10.1. The third-order valence-electron chi connectivity index (χ3n) is 2.95. The maximum atomic E-state index is 11.7. The molecule has 25 heavy (non-hydrogen) atoms. The Morgan fingerprint density at radius 2 is 1.56 bits per heavy atom. The molecular formula is C16H19F4NO3S. The van der Waals surface area contributed by atoms with Gasteiger partial charge in [0.1, 0.15) is 12.0 Å². The van der Waals surface area contributed by atoms with E-state index in [0.29, 0.717) is 24.1 Å². The monoisotopic (exact) mass is 381 g/mol. The van der Waals surface area contributed by atoms with Crippen LogP contribution in [0.5, 0.6) is 0 Å². The highest BCUT2D eigenvalue weighted by molar-refractivity contribution is 7.94. The van der Waals surface area contributed by atoms with Crippen LogP contribution in [0.1, 0.15) is 47.9 Å². The standard InChI is InChI=1S/C10H9NO2.C5H9F.CHF3OS/c1-2-11-9(12)7-5-3-4-6-8(7)10(11)13;1-3-5(6)4-2;2-1(3,4)6-5/h3-6H,2H2,1H3;3H,4H2,1-2H3;5H/b;5-3+;. The first-order valence-electron chi connectivity index (χ1n) is 7.28. The van der Waals surface area contributed by atoms with E-state index in [-0.39, 0.29) is 17.6 Å². The molecule has 2 amide bonds. The molecule has 1 aliphatic rings. The van der Waals surface area contributed by atoms with Gasteiger partial charge in [0.05, 0.1) is 17.0 Å². The van der Waals surface area contributed by atoms with E-state index in [1.807, 2.05) is 0 Å². The lowest BCUT2D eigenvalue weighted by atomic mass is 10.1. The molecule has 0 spiro atoms. The number of hydrogen-bond acceptors (Lipinski definition) is 4. The number of alkyl halides is 3. The zero-order chi connectivity index (χ0) is 19.6. The van der Waals surface area contributed by atoms with Crippen LogP contribution in [0.4, 0.5) is 17.6 Å². The Morgan fingerprint density at radius 1 is 1.16 bits per heavy atom. The lowest BCUT2D eigenvalue weighted by Gasteiger charge is -2.08. The third-order valence-corrected chi connectivity index (χ3v) is 3.16. The van der Waals surface area contributed by atoms with Gasteiger partial charge in [-0.2, -0.15) is 13.2 Å². The minimum Gasteiger partial charge on any atom is -0.323 e. The second-order valence-electron chi connectivity index (χ2n) is 4.53. The topological polar surface area (TPSA) is 57.6 Å².